The highest BCUT2D eigenvalue weighted by molar-refractivity contribution is 7.98. The first-order valence-corrected chi connectivity index (χ1v) is 10.5. The molecule has 0 atom stereocenters. The molecule has 28 heavy (non-hydrogen) atoms. The van der Waals surface area contributed by atoms with Crippen molar-refractivity contribution in [3.63, 3.8) is 0 Å². The lowest BCUT2D eigenvalue weighted by Gasteiger charge is -2.35. The Morgan fingerprint density at radius 1 is 1.25 bits per heavy atom. The molecule has 0 bridgehead atoms. The smallest absolute Gasteiger partial charge is 0.409 e. The molecule has 1 saturated heterocycles. The first-order valence-electron chi connectivity index (χ1n) is 8.86. The summed E-state index contributed by atoms with van der Waals surface area (Å²) in [5, 5.41) is 11.1. The standard InChI is InChI=1S/C19H20ClN5O2S/c1-3-27-19(26)25-10-8-24(9-11-25)17-15(12-21)16(22-18(23-17)28-2)13-4-6-14(20)7-5-13/h4-7H,3,8-11H2,1-2H3. The summed E-state index contributed by atoms with van der Waals surface area (Å²) in [5.41, 5.74) is 1.82. The number of thioether (sulfide) groups is 1. The third-order valence-electron chi connectivity index (χ3n) is 4.39. The van der Waals surface area contributed by atoms with Crippen LogP contribution in [0.3, 0.4) is 0 Å². The molecular weight excluding hydrogens is 398 g/mol. The van der Waals surface area contributed by atoms with E-state index in [0.717, 1.165) is 5.56 Å². The van der Waals surface area contributed by atoms with Crippen LogP contribution in [0.1, 0.15) is 12.5 Å². The van der Waals surface area contributed by atoms with Crippen molar-refractivity contribution in [2.24, 2.45) is 0 Å². The van der Waals surface area contributed by atoms with Gasteiger partial charge in [0.25, 0.3) is 0 Å². The van der Waals surface area contributed by atoms with E-state index in [1.165, 1.54) is 11.8 Å². The van der Waals surface area contributed by atoms with Crippen LogP contribution in [0.25, 0.3) is 11.3 Å². The second-order valence-electron chi connectivity index (χ2n) is 6.05. The molecule has 1 fully saturated rings. The second-order valence-corrected chi connectivity index (χ2v) is 7.26. The molecule has 1 aliphatic heterocycles. The third-order valence-corrected chi connectivity index (χ3v) is 5.19. The Kier molecular flexibility index (Phi) is 6.60. The van der Waals surface area contributed by atoms with E-state index in [2.05, 4.69) is 16.0 Å². The molecular formula is C19H20ClN5O2S. The zero-order valence-electron chi connectivity index (χ0n) is 15.7. The molecule has 1 aliphatic rings. The Morgan fingerprint density at radius 3 is 2.50 bits per heavy atom. The van der Waals surface area contributed by atoms with Crippen LogP contribution in [0, 0.1) is 11.3 Å². The molecule has 0 N–H and O–H groups in total. The highest BCUT2D eigenvalue weighted by Crippen LogP contribution is 2.31. The fourth-order valence-electron chi connectivity index (χ4n) is 2.98. The normalized spacial score (nSPS) is 13.9. The topological polar surface area (TPSA) is 82.3 Å². The number of carbonyl (C=O) groups excluding carboxylic acids is 1. The summed E-state index contributed by atoms with van der Waals surface area (Å²) in [4.78, 5) is 24.8. The quantitative estimate of drug-likeness (QED) is 0.554. The van der Waals surface area contributed by atoms with Crippen LogP contribution >= 0.6 is 23.4 Å². The molecule has 0 saturated carbocycles. The Balaban J connectivity index is 1.93. The number of anilines is 1. The van der Waals surface area contributed by atoms with Gasteiger partial charge in [0, 0.05) is 36.8 Å². The molecule has 9 heteroatoms. The van der Waals surface area contributed by atoms with Crippen LogP contribution in [0.15, 0.2) is 29.4 Å². The maximum atomic E-state index is 11.9. The number of benzene rings is 1. The van der Waals surface area contributed by atoms with Gasteiger partial charge in [-0.15, -0.1) is 0 Å². The number of amides is 1. The Morgan fingerprint density at radius 2 is 1.93 bits per heavy atom. The van der Waals surface area contributed by atoms with Crippen molar-refractivity contribution >= 4 is 35.3 Å². The van der Waals surface area contributed by atoms with Gasteiger partial charge in [-0.3, -0.25) is 0 Å². The first kappa shape index (κ1) is 20.2. The number of aromatic nitrogens is 2. The number of ether oxygens (including phenoxy) is 1. The van der Waals surface area contributed by atoms with Gasteiger partial charge in [-0.2, -0.15) is 5.26 Å². The number of rotatable bonds is 4. The number of halogens is 1. The lowest BCUT2D eigenvalue weighted by atomic mass is 10.1. The van der Waals surface area contributed by atoms with Gasteiger partial charge in [-0.05, 0) is 25.3 Å². The van der Waals surface area contributed by atoms with E-state index in [1.807, 2.05) is 23.3 Å². The highest BCUT2D eigenvalue weighted by Gasteiger charge is 2.26. The SMILES string of the molecule is CCOC(=O)N1CCN(c2nc(SC)nc(-c3ccc(Cl)cc3)c2C#N)CC1. The van der Waals surface area contributed by atoms with Crippen LogP contribution in [-0.4, -0.2) is 60.0 Å². The van der Waals surface area contributed by atoms with E-state index < -0.39 is 0 Å². The monoisotopic (exact) mass is 417 g/mol. The summed E-state index contributed by atoms with van der Waals surface area (Å²) in [5.74, 6) is 0.593. The minimum absolute atomic E-state index is 0.308. The highest BCUT2D eigenvalue weighted by atomic mass is 35.5. The summed E-state index contributed by atoms with van der Waals surface area (Å²) in [7, 11) is 0. The van der Waals surface area contributed by atoms with Crippen molar-refractivity contribution in [3.05, 3.63) is 34.9 Å². The molecule has 1 amide bonds. The number of nitriles is 1. The molecule has 1 aromatic carbocycles. The summed E-state index contributed by atoms with van der Waals surface area (Å²) in [6.45, 7) is 4.30. The van der Waals surface area contributed by atoms with Gasteiger partial charge in [0.1, 0.15) is 11.6 Å². The van der Waals surface area contributed by atoms with Crippen molar-refractivity contribution in [1.29, 1.82) is 5.26 Å². The lowest BCUT2D eigenvalue weighted by molar-refractivity contribution is 0.105. The average molecular weight is 418 g/mol. The summed E-state index contributed by atoms with van der Waals surface area (Å²) in [6.07, 6.45) is 1.59. The molecule has 0 spiro atoms. The van der Waals surface area contributed by atoms with E-state index >= 15 is 0 Å². The van der Waals surface area contributed by atoms with E-state index in [9.17, 15) is 10.1 Å². The fraction of sp³-hybridized carbons (Fsp3) is 0.368. The van der Waals surface area contributed by atoms with Crippen molar-refractivity contribution in [1.82, 2.24) is 14.9 Å². The van der Waals surface area contributed by atoms with Gasteiger partial charge >= 0.3 is 6.09 Å². The van der Waals surface area contributed by atoms with Gasteiger partial charge in [-0.25, -0.2) is 14.8 Å². The molecule has 1 aromatic heterocycles. The number of piperazine rings is 1. The summed E-state index contributed by atoms with van der Waals surface area (Å²) in [6, 6.07) is 9.51. The van der Waals surface area contributed by atoms with Crippen molar-refractivity contribution < 1.29 is 9.53 Å². The number of nitrogens with zero attached hydrogens (tertiary/aromatic N) is 5. The van der Waals surface area contributed by atoms with Gasteiger partial charge in [-0.1, -0.05) is 35.5 Å². The third kappa shape index (κ3) is 4.32. The molecule has 7 nitrogen and oxygen atoms in total. The zero-order valence-corrected chi connectivity index (χ0v) is 17.3. The fourth-order valence-corrected chi connectivity index (χ4v) is 3.47. The molecule has 0 radical (unpaired) electrons. The second kappa shape index (κ2) is 9.13. The predicted molar refractivity (Wildman–Crippen MR) is 110 cm³/mol. The first-order chi connectivity index (χ1) is 13.6. The van der Waals surface area contributed by atoms with Crippen LogP contribution < -0.4 is 4.90 Å². The molecule has 2 heterocycles. The Bertz CT molecular complexity index is 892. The number of hydrogen-bond acceptors (Lipinski definition) is 7. The van der Waals surface area contributed by atoms with Crippen LogP contribution in [0.2, 0.25) is 5.02 Å². The van der Waals surface area contributed by atoms with Gasteiger partial charge < -0.3 is 14.5 Å². The maximum Gasteiger partial charge on any atom is 0.409 e. The van der Waals surface area contributed by atoms with E-state index in [1.54, 1.807) is 24.0 Å². The van der Waals surface area contributed by atoms with Crippen molar-refractivity contribution in [2.45, 2.75) is 12.1 Å². The molecule has 0 aliphatic carbocycles. The van der Waals surface area contributed by atoms with Crippen LogP contribution in [0.5, 0.6) is 0 Å². The van der Waals surface area contributed by atoms with Crippen molar-refractivity contribution in [2.75, 3.05) is 43.9 Å². The number of carbonyl (C=O) groups is 1. The van der Waals surface area contributed by atoms with Gasteiger partial charge in [0.2, 0.25) is 0 Å². The van der Waals surface area contributed by atoms with Gasteiger partial charge in [0.15, 0.2) is 11.0 Å². The summed E-state index contributed by atoms with van der Waals surface area (Å²) >= 11 is 7.41. The van der Waals surface area contributed by atoms with Crippen LogP contribution in [0.4, 0.5) is 10.6 Å². The van der Waals surface area contributed by atoms with Crippen molar-refractivity contribution in [3.8, 4) is 17.3 Å². The van der Waals surface area contributed by atoms with E-state index in [4.69, 9.17) is 16.3 Å². The minimum Gasteiger partial charge on any atom is -0.450 e. The Labute approximate surface area is 173 Å². The largest absolute Gasteiger partial charge is 0.450 e. The molecule has 146 valence electrons. The maximum absolute atomic E-state index is 11.9. The zero-order chi connectivity index (χ0) is 20.1. The lowest BCUT2D eigenvalue weighted by Crippen LogP contribution is -2.49. The molecule has 3 rings (SSSR count). The average Bonchev–Trinajstić information content (AvgIpc) is 2.73. The van der Waals surface area contributed by atoms with E-state index in [-0.39, 0.29) is 6.09 Å². The summed E-state index contributed by atoms with van der Waals surface area (Å²) < 4.78 is 5.07. The van der Waals surface area contributed by atoms with E-state index in [0.29, 0.717) is 60.0 Å². The van der Waals surface area contributed by atoms with Crippen LogP contribution in [-0.2, 0) is 4.74 Å². The number of hydrogen-bond donors (Lipinski definition) is 0. The Hall–Kier alpha value is -2.50. The minimum atomic E-state index is -0.308. The predicted octanol–water partition coefficient (Wildman–Crippen LogP) is 3.67. The molecule has 2 aromatic rings. The van der Waals surface area contributed by atoms with Gasteiger partial charge in [0.05, 0.1) is 12.3 Å². The molecule has 0 unspecified atom stereocenters.